The van der Waals surface area contributed by atoms with Gasteiger partial charge in [-0.2, -0.15) is 0 Å². The number of rotatable bonds is 3. The summed E-state index contributed by atoms with van der Waals surface area (Å²) in [6.45, 7) is 1.83. The molecule has 2 rings (SSSR count). The van der Waals surface area contributed by atoms with Gasteiger partial charge in [-0.3, -0.25) is 4.79 Å². The Morgan fingerprint density at radius 2 is 2.19 bits per heavy atom. The van der Waals surface area contributed by atoms with Crippen LogP contribution in [0.4, 0.5) is 0 Å². The second-order valence-electron chi connectivity index (χ2n) is 3.54. The third-order valence-corrected chi connectivity index (χ3v) is 3.32. The van der Waals surface area contributed by atoms with Crippen molar-refractivity contribution < 1.29 is 9.21 Å². The van der Waals surface area contributed by atoms with Crippen LogP contribution < -0.4 is 0 Å². The molecule has 0 saturated carbocycles. The summed E-state index contributed by atoms with van der Waals surface area (Å²) >= 11 is 6.68. The normalized spacial score (nSPS) is 10.9. The first-order valence-corrected chi connectivity index (χ1v) is 6.82. The molecule has 0 saturated heterocycles. The minimum Gasteiger partial charge on any atom is -0.461 e. The molecule has 0 atom stereocenters. The molecule has 2 nitrogen and oxygen atoms in total. The molecule has 0 unspecified atom stereocenters. The third kappa shape index (κ3) is 2.09. The predicted molar refractivity (Wildman–Crippen MR) is 71.4 cm³/mol. The molecule has 0 fully saturated rings. The van der Waals surface area contributed by atoms with Crippen LogP contribution in [0.1, 0.15) is 22.5 Å². The fourth-order valence-corrected chi connectivity index (χ4v) is 2.47. The minimum atomic E-state index is 0.117. The van der Waals surface area contributed by atoms with E-state index in [-0.39, 0.29) is 5.78 Å². The largest absolute Gasteiger partial charge is 0.461 e. The topological polar surface area (TPSA) is 30.2 Å². The zero-order valence-corrected chi connectivity index (χ0v) is 11.9. The zero-order valence-electron chi connectivity index (χ0n) is 8.72. The van der Waals surface area contributed by atoms with E-state index < -0.39 is 0 Å². The highest BCUT2D eigenvalue weighted by Crippen LogP contribution is 2.29. The van der Waals surface area contributed by atoms with Crippen LogP contribution in [-0.2, 0) is 0 Å². The van der Waals surface area contributed by atoms with Crippen LogP contribution in [-0.4, -0.2) is 11.1 Å². The van der Waals surface area contributed by atoms with Crippen LogP contribution >= 0.6 is 31.9 Å². The van der Waals surface area contributed by atoms with Crippen molar-refractivity contribution in [2.45, 2.75) is 13.3 Å². The molecule has 1 aromatic carbocycles. The maximum Gasteiger partial charge on any atom is 0.167 e. The van der Waals surface area contributed by atoms with Crippen LogP contribution in [0.5, 0.6) is 0 Å². The Morgan fingerprint density at radius 3 is 2.88 bits per heavy atom. The molecule has 1 heterocycles. The van der Waals surface area contributed by atoms with Crippen LogP contribution in [0.2, 0.25) is 0 Å². The number of halogens is 2. The fraction of sp³-hybridized carbons (Fsp3) is 0.250. The number of fused-ring (bicyclic) bond motifs is 1. The lowest BCUT2D eigenvalue weighted by atomic mass is 10.1. The van der Waals surface area contributed by atoms with Gasteiger partial charge in [-0.15, -0.1) is 0 Å². The fourth-order valence-electron chi connectivity index (χ4n) is 1.75. The Bertz CT molecular complexity index is 543. The molecular formula is C12H10Br2O2. The SMILES string of the molecule is Cc1oc2ccc(Br)cc2c1C(=O)CCBr. The maximum absolute atomic E-state index is 11.9. The molecule has 4 heteroatoms. The molecule has 1 aromatic heterocycles. The monoisotopic (exact) mass is 344 g/mol. The lowest BCUT2D eigenvalue weighted by Crippen LogP contribution is -2.00. The first-order valence-electron chi connectivity index (χ1n) is 4.91. The molecule has 0 bridgehead atoms. The Balaban J connectivity index is 2.62. The summed E-state index contributed by atoms with van der Waals surface area (Å²) in [4.78, 5) is 11.9. The van der Waals surface area contributed by atoms with E-state index in [0.29, 0.717) is 23.1 Å². The number of alkyl halides is 1. The number of hydrogen-bond donors (Lipinski definition) is 0. The highest BCUT2D eigenvalue weighted by molar-refractivity contribution is 9.10. The van der Waals surface area contributed by atoms with Gasteiger partial charge in [0.15, 0.2) is 5.78 Å². The van der Waals surface area contributed by atoms with Crippen molar-refractivity contribution in [1.82, 2.24) is 0 Å². The third-order valence-electron chi connectivity index (χ3n) is 2.43. The summed E-state index contributed by atoms with van der Waals surface area (Å²) < 4.78 is 6.52. The summed E-state index contributed by atoms with van der Waals surface area (Å²) in [6.07, 6.45) is 0.488. The number of hydrogen-bond acceptors (Lipinski definition) is 2. The summed E-state index contributed by atoms with van der Waals surface area (Å²) in [7, 11) is 0. The van der Waals surface area contributed by atoms with Crippen molar-refractivity contribution in [3.63, 3.8) is 0 Å². The number of furan rings is 1. The quantitative estimate of drug-likeness (QED) is 0.606. The highest BCUT2D eigenvalue weighted by Gasteiger charge is 2.17. The van der Waals surface area contributed by atoms with Gasteiger partial charge in [0.1, 0.15) is 11.3 Å². The second-order valence-corrected chi connectivity index (χ2v) is 5.24. The maximum atomic E-state index is 11.9. The zero-order chi connectivity index (χ0) is 11.7. The molecule has 84 valence electrons. The lowest BCUT2D eigenvalue weighted by molar-refractivity contribution is 0.0990. The first-order chi connectivity index (χ1) is 7.63. The van der Waals surface area contributed by atoms with Gasteiger partial charge in [0.05, 0.1) is 5.56 Å². The lowest BCUT2D eigenvalue weighted by Gasteiger charge is -1.97. The average molecular weight is 346 g/mol. The van der Waals surface area contributed by atoms with E-state index in [1.165, 1.54) is 0 Å². The van der Waals surface area contributed by atoms with Gasteiger partial charge >= 0.3 is 0 Å². The summed E-state index contributed by atoms with van der Waals surface area (Å²) in [5.74, 6) is 0.810. The van der Waals surface area contributed by atoms with Crippen molar-refractivity contribution in [2.75, 3.05) is 5.33 Å². The van der Waals surface area contributed by atoms with E-state index in [2.05, 4.69) is 31.9 Å². The molecule has 16 heavy (non-hydrogen) atoms. The van der Waals surface area contributed by atoms with Crippen LogP contribution in [0, 0.1) is 6.92 Å². The van der Waals surface area contributed by atoms with Gasteiger partial charge in [0, 0.05) is 21.6 Å². The Morgan fingerprint density at radius 1 is 1.44 bits per heavy atom. The van der Waals surface area contributed by atoms with E-state index in [1.54, 1.807) is 0 Å². The molecular weight excluding hydrogens is 336 g/mol. The second kappa shape index (κ2) is 4.72. The van der Waals surface area contributed by atoms with Gasteiger partial charge in [-0.25, -0.2) is 0 Å². The molecule has 0 aliphatic heterocycles. The van der Waals surface area contributed by atoms with Gasteiger partial charge < -0.3 is 4.42 Å². The molecule has 0 spiro atoms. The van der Waals surface area contributed by atoms with E-state index in [9.17, 15) is 4.79 Å². The first kappa shape index (κ1) is 11.9. The minimum absolute atomic E-state index is 0.117. The van der Waals surface area contributed by atoms with Gasteiger partial charge in [0.2, 0.25) is 0 Å². The molecule has 0 amide bonds. The molecule has 2 aromatic rings. The number of Topliss-reactive ketones (excluding diaryl/α,β-unsaturated/α-hetero) is 1. The van der Waals surface area contributed by atoms with Crippen molar-refractivity contribution in [3.05, 3.63) is 34.0 Å². The number of benzene rings is 1. The van der Waals surface area contributed by atoms with Crippen LogP contribution in [0.15, 0.2) is 27.1 Å². The van der Waals surface area contributed by atoms with Crippen molar-refractivity contribution >= 4 is 48.6 Å². The van der Waals surface area contributed by atoms with Gasteiger partial charge in [0.25, 0.3) is 0 Å². The van der Waals surface area contributed by atoms with Crippen molar-refractivity contribution in [3.8, 4) is 0 Å². The van der Waals surface area contributed by atoms with Crippen molar-refractivity contribution in [2.24, 2.45) is 0 Å². The average Bonchev–Trinajstić information content (AvgIpc) is 2.53. The standard InChI is InChI=1S/C12H10Br2O2/c1-7-12(10(15)4-5-13)9-6-8(14)2-3-11(9)16-7/h2-3,6H,4-5H2,1H3. The van der Waals surface area contributed by atoms with E-state index in [1.807, 2.05) is 25.1 Å². The van der Waals surface area contributed by atoms with Crippen LogP contribution in [0.25, 0.3) is 11.0 Å². The number of carbonyl (C=O) groups is 1. The summed E-state index contributed by atoms with van der Waals surface area (Å²) in [5.41, 5.74) is 1.47. The van der Waals surface area contributed by atoms with E-state index in [0.717, 1.165) is 15.4 Å². The predicted octanol–water partition coefficient (Wildman–Crippen LogP) is 4.47. The number of ketones is 1. The molecule has 0 N–H and O–H groups in total. The van der Waals surface area contributed by atoms with E-state index in [4.69, 9.17) is 4.42 Å². The number of carbonyl (C=O) groups excluding carboxylic acids is 1. The summed E-state index contributed by atoms with van der Waals surface area (Å²) in [5, 5.41) is 1.56. The van der Waals surface area contributed by atoms with E-state index >= 15 is 0 Å². The van der Waals surface area contributed by atoms with Crippen molar-refractivity contribution in [1.29, 1.82) is 0 Å². The van der Waals surface area contributed by atoms with Gasteiger partial charge in [-0.05, 0) is 25.1 Å². The Hall–Kier alpha value is -0.610. The van der Waals surface area contributed by atoms with Crippen LogP contribution in [0.3, 0.4) is 0 Å². The summed E-state index contributed by atoms with van der Waals surface area (Å²) in [6, 6.07) is 5.70. The highest BCUT2D eigenvalue weighted by atomic mass is 79.9. The molecule has 0 aliphatic carbocycles. The molecule has 0 radical (unpaired) electrons. The molecule has 0 aliphatic rings. The Kier molecular flexibility index (Phi) is 3.50. The van der Waals surface area contributed by atoms with Gasteiger partial charge in [-0.1, -0.05) is 31.9 Å². The smallest absolute Gasteiger partial charge is 0.167 e. The Labute approximate surface area is 110 Å². The number of aryl methyl sites for hydroxylation is 1.